The average Bonchev–Trinajstić information content (AvgIpc) is 3.41. The third-order valence-corrected chi connectivity index (χ3v) is 5.48. The number of methoxy groups -OCH3 is 1. The zero-order chi connectivity index (χ0) is 22.7. The maximum atomic E-state index is 14.8. The normalized spacial score (nSPS) is 17.7. The Morgan fingerprint density at radius 3 is 2.53 bits per heavy atom. The lowest BCUT2D eigenvalue weighted by Gasteiger charge is -2.25. The highest BCUT2D eigenvalue weighted by Gasteiger charge is 2.46. The van der Waals surface area contributed by atoms with E-state index in [1.807, 2.05) is 4.57 Å². The summed E-state index contributed by atoms with van der Waals surface area (Å²) in [7, 11) is 1.52. The van der Waals surface area contributed by atoms with Crippen LogP contribution in [-0.2, 0) is 16.1 Å². The Bertz CT molecular complexity index is 1160. The van der Waals surface area contributed by atoms with E-state index in [1.165, 1.54) is 30.2 Å². The first-order valence-electron chi connectivity index (χ1n) is 10.1. The SMILES string of the molecule is COc1ccc(C(O)=C2C(=O)C(=O)N(CCCn3ccnc3)[C@H]2c2ccccc2F)cc1. The maximum absolute atomic E-state index is 14.8. The lowest BCUT2D eigenvalue weighted by Crippen LogP contribution is -2.31. The second-order valence-electron chi connectivity index (χ2n) is 7.40. The number of imidazole rings is 1. The van der Waals surface area contributed by atoms with Gasteiger partial charge >= 0.3 is 0 Å². The van der Waals surface area contributed by atoms with Gasteiger partial charge in [0, 0.05) is 36.6 Å². The van der Waals surface area contributed by atoms with E-state index in [0.29, 0.717) is 24.3 Å². The molecule has 1 fully saturated rings. The van der Waals surface area contributed by atoms with Crippen molar-refractivity contribution in [2.45, 2.75) is 19.0 Å². The van der Waals surface area contributed by atoms with Gasteiger partial charge in [-0.1, -0.05) is 18.2 Å². The van der Waals surface area contributed by atoms with Crippen molar-refractivity contribution in [2.24, 2.45) is 0 Å². The zero-order valence-electron chi connectivity index (χ0n) is 17.4. The Hall–Kier alpha value is -3.94. The number of benzene rings is 2. The predicted octanol–water partition coefficient (Wildman–Crippen LogP) is 3.54. The van der Waals surface area contributed by atoms with Crippen LogP contribution < -0.4 is 4.74 Å². The van der Waals surface area contributed by atoms with Crippen LogP contribution in [0, 0.1) is 5.82 Å². The van der Waals surface area contributed by atoms with Gasteiger partial charge in [0.25, 0.3) is 11.7 Å². The number of aryl methyl sites for hydroxylation is 1. The van der Waals surface area contributed by atoms with Crippen LogP contribution in [0.5, 0.6) is 5.75 Å². The summed E-state index contributed by atoms with van der Waals surface area (Å²) in [5.41, 5.74) is 0.362. The van der Waals surface area contributed by atoms with Crippen molar-refractivity contribution in [3.8, 4) is 5.75 Å². The summed E-state index contributed by atoms with van der Waals surface area (Å²) in [6.45, 7) is 0.784. The number of carbonyl (C=O) groups excluding carboxylic acids is 2. The molecule has 0 aliphatic carbocycles. The molecule has 1 amide bonds. The Labute approximate surface area is 184 Å². The molecule has 1 aromatic heterocycles. The van der Waals surface area contributed by atoms with Crippen LogP contribution >= 0.6 is 0 Å². The van der Waals surface area contributed by atoms with Crippen molar-refractivity contribution >= 4 is 17.4 Å². The maximum Gasteiger partial charge on any atom is 0.295 e. The zero-order valence-corrected chi connectivity index (χ0v) is 17.4. The Balaban J connectivity index is 1.74. The lowest BCUT2D eigenvalue weighted by molar-refractivity contribution is -0.140. The van der Waals surface area contributed by atoms with Crippen LogP contribution in [0.3, 0.4) is 0 Å². The molecule has 8 heteroatoms. The molecule has 1 atom stereocenters. The van der Waals surface area contributed by atoms with Gasteiger partial charge in [-0.15, -0.1) is 0 Å². The summed E-state index contributed by atoms with van der Waals surface area (Å²) in [6, 6.07) is 11.4. The number of rotatable bonds is 7. The van der Waals surface area contributed by atoms with E-state index in [-0.39, 0.29) is 23.4 Å². The molecule has 7 nitrogen and oxygen atoms in total. The van der Waals surface area contributed by atoms with Gasteiger partial charge in [-0.3, -0.25) is 9.59 Å². The highest BCUT2D eigenvalue weighted by molar-refractivity contribution is 6.46. The highest BCUT2D eigenvalue weighted by atomic mass is 19.1. The van der Waals surface area contributed by atoms with Gasteiger partial charge in [-0.2, -0.15) is 0 Å². The number of nitrogens with zero attached hydrogens (tertiary/aromatic N) is 3. The number of aliphatic hydroxyl groups excluding tert-OH is 1. The Morgan fingerprint density at radius 2 is 1.88 bits per heavy atom. The molecule has 2 heterocycles. The minimum Gasteiger partial charge on any atom is -0.507 e. The summed E-state index contributed by atoms with van der Waals surface area (Å²) in [5, 5.41) is 11.0. The topological polar surface area (TPSA) is 84.7 Å². The van der Waals surface area contributed by atoms with Gasteiger partial charge < -0.3 is 19.3 Å². The van der Waals surface area contributed by atoms with Gasteiger partial charge in [0.2, 0.25) is 0 Å². The molecule has 3 aromatic rings. The van der Waals surface area contributed by atoms with Gasteiger partial charge in [0.15, 0.2) is 0 Å². The number of likely N-dealkylation sites (tertiary alicyclic amines) is 1. The number of ketones is 1. The highest BCUT2D eigenvalue weighted by Crippen LogP contribution is 2.40. The van der Waals surface area contributed by atoms with E-state index in [9.17, 15) is 19.1 Å². The number of aromatic nitrogens is 2. The first-order valence-corrected chi connectivity index (χ1v) is 10.1. The summed E-state index contributed by atoms with van der Waals surface area (Å²) >= 11 is 0. The molecule has 0 radical (unpaired) electrons. The molecular formula is C24H22FN3O4. The smallest absolute Gasteiger partial charge is 0.295 e. The third kappa shape index (κ3) is 3.99. The molecule has 164 valence electrons. The van der Waals surface area contributed by atoms with Gasteiger partial charge in [-0.25, -0.2) is 9.37 Å². The second-order valence-corrected chi connectivity index (χ2v) is 7.40. The molecule has 1 aliphatic rings. The fourth-order valence-corrected chi connectivity index (χ4v) is 3.88. The average molecular weight is 435 g/mol. The second kappa shape index (κ2) is 9.05. The summed E-state index contributed by atoms with van der Waals surface area (Å²) in [6.07, 6.45) is 5.63. The fraction of sp³-hybridized carbons (Fsp3) is 0.208. The van der Waals surface area contributed by atoms with Crippen molar-refractivity contribution in [1.29, 1.82) is 0 Å². The first kappa shape index (κ1) is 21.3. The molecule has 32 heavy (non-hydrogen) atoms. The molecular weight excluding hydrogens is 413 g/mol. The summed E-state index contributed by atoms with van der Waals surface area (Å²) in [5.74, 6) is -1.93. The quantitative estimate of drug-likeness (QED) is 0.349. The van der Waals surface area contributed by atoms with Gasteiger partial charge in [0.1, 0.15) is 17.3 Å². The predicted molar refractivity (Wildman–Crippen MR) is 115 cm³/mol. The molecule has 0 unspecified atom stereocenters. The van der Waals surface area contributed by atoms with E-state index < -0.39 is 23.5 Å². The number of hydrogen-bond donors (Lipinski definition) is 1. The first-order chi connectivity index (χ1) is 15.5. The summed E-state index contributed by atoms with van der Waals surface area (Å²) < 4.78 is 21.8. The van der Waals surface area contributed by atoms with E-state index in [2.05, 4.69) is 4.98 Å². The minimum atomic E-state index is -1.03. The van der Waals surface area contributed by atoms with Crippen molar-refractivity contribution in [3.63, 3.8) is 0 Å². The van der Waals surface area contributed by atoms with Crippen molar-refractivity contribution in [3.05, 3.63) is 89.8 Å². The third-order valence-electron chi connectivity index (χ3n) is 5.48. The van der Waals surface area contributed by atoms with Crippen LogP contribution in [-0.4, -0.2) is 44.9 Å². The lowest BCUT2D eigenvalue weighted by atomic mass is 9.95. The molecule has 0 spiro atoms. The monoisotopic (exact) mass is 435 g/mol. The number of hydrogen-bond acceptors (Lipinski definition) is 5. The minimum absolute atomic E-state index is 0.132. The van der Waals surface area contributed by atoms with Crippen molar-refractivity contribution in [2.75, 3.05) is 13.7 Å². The van der Waals surface area contributed by atoms with Crippen LogP contribution in [0.25, 0.3) is 5.76 Å². The fourth-order valence-electron chi connectivity index (χ4n) is 3.88. The van der Waals surface area contributed by atoms with Crippen LogP contribution in [0.4, 0.5) is 4.39 Å². The van der Waals surface area contributed by atoms with E-state index >= 15 is 0 Å². The van der Waals surface area contributed by atoms with Crippen molar-refractivity contribution in [1.82, 2.24) is 14.5 Å². The molecule has 1 saturated heterocycles. The summed E-state index contributed by atoms with van der Waals surface area (Å²) in [4.78, 5) is 31.2. The van der Waals surface area contributed by atoms with Gasteiger partial charge in [0.05, 0.1) is 25.1 Å². The van der Waals surface area contributed by atoms with Gasteiger partial charge in [-0.05, 0) is 36.8 Å². The standard InChI is InChI=1S/C24H22FN3O4/c1-32-17-9-7-16(8-10-17)22(29)20-21(18-5-2-3-6-19(18)25)28(24(31)23(20)30)13-4-12-27-14-11-26-15-27/h2-3,5-11,14-15,21,29H,4,12-13H2,1H3/t21-/m0/s1. The molecule has 1 N–H and O–H groups in total. The van der Waals surface area contributed by atoms with Crippen molar-refractivity contribution < 1.29 is 23.8 Å². The number of halogens is 1. The Kier molecular flexibility index (Phi) is 6.02. The molecule has 2 aromatic carbocycles. The van der Waals surface area contributed by atoms with E-state index in [0.717, 1.165) is 0 Å². The van der Waals surface area contributed by atoms with Crippen LogP contribution in [0.2, 0.25) is 0 Å². The molecule has 0 saturated carbocycles. The number of amides is 1. The van der Waals surface area contributed by atoms with Crippen LogP contribution in [0.1, 0.15) is 23.6 Å². The van der Waals surface area contributed by atoms with E-state index in [1.54, 1.807) is 49.1 Å². The van der Waals surface area contributed by atoms with Crippen LogP contribution in [0.15, 0.2) is 72.8 Å². The largest absolute Gasteiger partial charge is 0.507 e. The molecule has 0 bridgehead atoms. The Morgan fingerprint density at radius 1 is 1.12 bits per heavy atom. The number of ether oxygens (including phenoxy) is 1. The number of aliphatic hydroxyl groups is 1. The molecule has 4 rings (SSSR count). The molecule has 1 aliphatic heterocycles. The number of carbonyl (C=O) groups is 2. The number of Topliss-reactive ketones (excluding diaryl/α,β-unsaturated/α-hetero) is 1. The van der Waals surface area contributed by atoms with E-state index in [4.69, 9.17) is 4.74 Å².